The van der Waals surface area contributed by atoms with Crippen LogP contribution in [0, 0.1) is 0 Å². The van der Waals surface area contributed by atoms with E-state index in [4.69, 9.17) is 9.72 Å². The Bertz CT molecular complexity index is 987. The number of carbonyl (C=O) groups is 2. The van der Waals surface area contributed by atoms with Crippen LogP contribution >= 0.6 is 0 Å². The zero-order valence-corrected chi connectivity index (χ0v) is 17.4. The van der Waals surface area contributed by atoms with Crippen LogP contribution in [0.4, 0.5) is 23.0 Å². The number of hydrogen-bond acceptors (Lipinski definition) is 6. The lowest BCUT2D eigenvalue weighted by Crippen LogP contribution is -2.54. The third kappa shape index (κ3) is 3.32. The number of likely N-dealkylation sites (N-methyl/N-ethyl adjacent to an activating group) is 1. The molecule has 2 heterocycles. The molecule has 8 nitrogen and oxygen atoms in total. The Labute approximate surface area is 175 Å². The number of hydrogen-bond donors (Lipinski definition) is 2. The maximum atomic E-state index is 12.8. The van der Waals surface area contributed by atoms with Crippen molar-refractivity contribution in [1.29, 1.82) is 0 Å². The largest absolute Gasteiger partial charge is 0.495 e. The molecule has 0 radical (unpaired) electrons. The summed E-state index contributed by atoms with van der Waals surface area (Å²) in [6.07, 6.45) is 4.37. The molecule has 158 valence electrons. The molecule has 0 bridgehead atoms. The van der Waals surface area contributed by atoms with Crippen LogP contribution in [0.15, 0.2) is 30.3 Å². The molecule has 1 aromatic carbocycles. The number of benzene rings is 1. The fourth-order valence-electron chi connectivity index (χ4n) is 4.47. The third-order valence-electron chi connectivity index (χ3n) is 6.01. The van der Waals surface area contributed by atoms with Crippen molar-refractivity contribution in [2.45, 2.75) is 44.7 Å². The molecule has 2 aliphatic rings. The van der Waals surface area contributed by atoms with Gasteiger partial charge in [-0.1, -0.05) is 18.9 Å². The highest BCUT2D eigenvalue weighted by Gasteiger charge is 2.39. The molecule has 1 saturated carbocycles. The van der Waals surface area contributed by atoms with Gasteiger partial charge in [-0.25, -0.2) is 9.78 Å². The molecule has 4 rings (SSSR count). The predicted octanol–water partition coefficient (Wildman–Crippen LogP) is 3.65. The Hall–Kier alpha value is -3.29. The molecular weight excluding hydrogens is 384 g/mol. The van der Waals surface area contributed by atoms with E-state index in [1.165, 1.54) is 13.2 Å². The first kappa shape index (κ1) is 20.0. The van der Waals surface area contributed by atoms with E-state index in [2.05, 4.69) is 10.2 Å². The molecule has 0 saturated heterocycles. The number of amides is 1. The van der Waals surface area contributed by atoms with Crippen LogP contribution in [-0.4, -0.2) is 48.2 Å². The number of anilines is 4. The second-order valence-corrected chi connectivity index (χ2v) is 7.77. The number of para-hydroxylation sites is 1. The van der Waals surface area contributed by atoms with Crippen molar-refractivity contribution in [3.8, 4) is 5.75 Å². The van der Waals surface area contributed by atoms with Gasteiger partial charge in [0.15, 0.2) is 5.82 Å². The summed E-state index contributed by atoms with van der Waals surface area (Å²) in [5.41, 5.74) is 1.21. The Morgan fingerprint density at radius 1 is 1.23 bits per heavy atom. The second-order valence-electron chi connectivity index (χ2n) is 7.77. The van der Waals surface area contributed by atoms with Gasteiger partial charge in [0.25, 0.3) is 0 Å². The number of methoxy groups -OCH3 is 1. The van der Waals surface area contributed by atoms with Crippen molar-refractivity contribution in [2.24, 2.45) is 0 Å². The van der Waals surface area contributed by atoms with E-state index >= 15 is 0 Å². The second kappa shape index (κ2) is 7.85. The highest BCUT2D eigenvalue weighted by molar-refractivity contribution is 6.04. The van der Waals surface area contributed by atoms with E-state index in [0.29, 0.717) is 17.3 Å². The van der Waals surface area contributed by atoms with Gasteiger partial charge in [0, 0.05) is 13.1 Å². The van der Waals surface area contributed by atoms with Gasteiger partial charge < -0.3 is 25.0 Å². The topological polar surface area (TPSA) is 95.0 Å². The van der Waals surface area contributed by atoms with Crippen LogP contribution in [-0.2, 0) is 4.79 Å². The molecule has 1 fully saturated rings. The molecule has 2 aromatic rings. The molecule has 1 atom stereocenters. The summed E-state index contributed by atoms with van der Waals surface area (Å²) >= 11 is 0. The summed E-state index contributed by atoms with van der Waals surface area (Å²) in [4.78, 5) is 33.1. The van der Waals surface area contributed by atoms with Gasteiger partial charge in [-0.05, 0) is 44.0 Å². The van der Waals surface area contributed by atoms with E-state index in [9.17, 15) is 14.7 Å². The number of pyridine rings is 1. The minimum atomic E-state index is -1.05. The molecule has 30 heavy (non-hydrogen) atoms. The number of carboxylic acids is 1. The van der Waals surface area contributed by atoms with Crippen molar-refractivity contribution < 1.29 is 19.4 Å². The third-order valence-corrected chi connectivity index (χ3v) is 6.01. The lowest BCUT2D eigenvalue weighted by molar-refractivity contribution is -0.119. The number of rotatable bonds is 5. The molecular formula is C22H26N4O4. The monoisotopic (exact) mass is 410 g/mol. The molecule has 2 N–H and O–H groups in total. The van der Waals surface area contributed by atoms with E-state index in [0.717, 1.165) is 37.2 Å². The molecule has 0 spiro atoms. The number of fused-ring (bicyclic) bond motifs is 1. The minimum absolute atomic E-state index is 0.0507. The molecule has 1 aromatic heterocycles. The number of carboxylic acid groups (broad SMARTS) is 1. The van der Waals surface area contributed by atoms with Crippen LogP contribution in [0.3, 0.4) is 0 Å². The van der Waals surface area contributed by atoms with Crippen molar-refractivity contribution in [1.82, 2.24) is 4.98 Å². The summed E-state index contributed by atoms with van der Waals surface area (Å²) in [7, 11) is 3.26. The zero-order chi connectivity index (χ0) is 21.4. The summed E-state index contributed by atoms with van der Waals surface area (Å²) in [6.45, 7) is 1.92. The normalized spacial score (nSPS) is 19.0. The van der Waals surface area contributed by atoms with E-state index in [-0.39, 0.29) is 23.6 Å². The number of aromatic nitrogens is 1. The molecule has 1 aliphatic heterocycles. The smallest absolute Gasteiger partial charge is 0.337 e. The predicted molar refractivity (Wildman–Crippen MR) is 115 cm³/mol. The Kier molecular flexibility index (Phi) is 5.24. The number of nitrogens with one attached hydrogen (secondary N) is 1. The summed E-state index contributed by atoms with van der Waals surface area (Å²) < 4.78 is 5.35. The maximum absolute atomic E-state index is 12.8. The fraction of sp³-hybridized carbons (Fsp3) is 0.409. The molecule has 1 amide bonds. The van der Waals surface area contributed by atoms with Crippen LogP contribution in [0.1, 0.15) is 43.0 Å². The Balaban J connectivity index is 1.77. The number of aromatic carboxylic acids is 1. The SMILES string of the molecule is COc1cccc(C(=O)O)c1Nc1ccc2c(n1)N(C1CCCC1)C(C)C(=O)N2C. The summed E-state index contributed by atoms with van der Waals surface area (Å²) in [6, 6.07) is 8.44. The standard InChI is InChI=1S/C22H26N4O4/c1-13-21(27)25(2)16-11-12-18(24-20(16)26(13)14-7-4-5-8-14)23-19-15(22(28)29)9-6-10-17(19)30-3/h6,9-14H,4-5,7-8H2,1-3H3,(H,23,24)(H,28,29). The van der Waals surface area contributed by atoms with Crippen molar-refractivity contribution >= 4 is 34.9 Å². The first-order valence-corrected chi connectivity index (χ1v) is 10.2. The van der Waals surface area contributed by atoms with E-state index < -0.39 is 5.97 Å². The van der Waals surface area contributed by atoms with E-state index in [1.54, 1.807) is 30.1 Å². The average molecular weight is 410 g/mol. The van der Waals surface area contributed by atoms with Gasteiger partial charge in [0.05, 0.1) is 24.0 Å². The first-order chi connectivity index (χ1) is 14.4. The Morgan fingerprint density at radius 2 is 1.97 bits per heavy atom. The molecule has 1 aliphatic carbocycles. The van der Waals surface area contributed by atoms with Crippen molar-refractivity contribution in [3.63, 3.8) is 0 Å². The van der Waals surface area contributed by atoms with Crippen LogP contribution in [0.5, 0.6) is 5.75 Å². The van der Waals surface area contributed by atoms with Crippen molar-refractivity contribution in [3.05, 3.63) is 35.9 Å². The fourth-order valence-corrected chi connectivity index (χ4v) is 4.47. The van der Waals surface area contributed by atoms with Crippen LogP contribution in [0.25, 0.3) is 0 Å². The summed E-state index contributed by atoms with van der Waals surface area (Å²) in [5, 5.41) is 12.7. The van der Waals surface area contributed by atoms with Crippen LogP contribution < -0.4 is 19.9 Å². The van der Waals surface area contributed by atoms with Gasteiger partial charge in [0.1, 0.15) is 17.6 Å². The molecule has 1 unspecified atom stereocenters. The maximum Gasteiger partial charge on any atom is 0.337 e. The van der Waals surface area contributed by atoms with Gasteiger partial charge in [-0.2, -0.15) is 0 Å². The quantitative estimate of drug-likeness (QED) is 0.777. The first-order valence-electron chi connectivity index (χ1n) is 10.2. The minimum Gasteiger partial charge on any atom is -0.495 e. The van der Waals surface area contributed by atoms with Crippen LogP contribution in [0.2, 0.25) is 0 Å². The number of ether oxygens (including phenoxy) is 1. The summed E-state index contributed by atoms with van der Waals surface area (Å²) in [5.74, 6) is 0.658. The van der Waals surface area contributed by atoms with Crippen molar-refractivity contribution in [2.75, 3.05) is 29.3 Å². The zero-order valence-electron chi connectivity index (χ0n) is 17.4. The molecule has 8 heteroatoms. The van der Waals surface area contributed by atoms with Gasteiger partial charge in [-0.3, -0.25) is 4.79 Å². The lowest BCUT2D eigenvalue weighted by Gasteiger charge is -2.42. The van der Waals surface area contributed by atoms with Gasteiger partial charge >= 0.3 is 5.97 Å². The number of nitrogens with zero attached hydrogens (tertiary/aromatic N) is 3. The van der Waals surface area contributed by atoms with E-state index in [1.807, 2.05) is 13.0 Å². The number of carbonyl (C=O) groups excluding carboxylic acids is 1. The highest BCUT2D eigenvalue weighted by Crippen LogP contribution is 2.40. The average Bonchev–Trinajstić information content (AvgIpc) is 3.26. The van der Waals surface area contributed by atoms with Gasteiger partial charge in [0.2, 0.25) is 5.91 Å². The Morgan fingerprint density at radius 3 is 2.63 bits per heavy atom. The lowest BCUT2D eigenvalue weighted by atomic mass is 10.1. The highest BCUT2D eigenvalue weighted by atomic mass is 16.5. The van der Waals surface area contributed by atoms with Gasteiger partial charge in [-0.15, -0.1) is 0 Å².